The SMILES string of the molecule is CC(=O)Nc1ccc(C(=O)N(CCN2CCC(C(=O)c3ccccc3)CC2)c2cccnc2)cc1. The number of rotatable bonds is 8. The number of amides is 2. The third-order valence-electron chi connectivity index (χ3n) is 6.31. The summed E-state index contributed by atoms with van der Waals surface area (Å²) in [5, 5.41) is 2.72. The van der Waals surface area contributed by atoms with Gasteiger partial charge in [0.15, 0.2) is 5.78 Å². The molecule has 4 rings (SSSR count). The Kier molecular flexibility index (Phi) is 8.00. The number of carbonyl (C=O) groups excluding carboxylic acids is 3. The van der Waals surface area contributed by atoms with Crippen molar-refractivity contribution < 1.29 is 14.4 Å². The lowest BCUT2D eigenvalue weighted by atomic mass is 9.89. The molecule has 1 N–H and O–H groups in total. The average molecular weight is 471 g/mol. The average Bonchev–Trinajstić information content (AvgIpc) is 2.90. The van der Waals surface area contributed by atoms with Gasteiger partial charge in [0.1, 0.15) is 0 Å². The molecule has 0 spiro atoms. The topological polar surface area (TPSA) is 82.6 Å². The van der Waals surface area contributed by atoms with E-state index in [-0.39, 0.29) is 23.5 Å². The predicted octanol–water partition coefficient (Wildman–Crippen LogP) is 4.28. The van der Waals surface area contributed by atoms with Gasteiger partial charge in [-0.25, -0.2) is 0 Å². The Morgan fingerprint density at radius 2 is 1.66 bits per heavy atom. The van der Waals surface area contributed by atoms with Gasteiger partial charge in [0.2, 0.25) is 5.91 Å². The summed E-state index contributed by atoms with van der Waals surface area (Å²) in [6, 6.07) is 20.1. The van der Waals surface area contributed by atoms with E-state index in [2.05, 4.69) is 15.2 Å². The van der Waals surface area contributed by atoms with Crippen LogP contribution >= 0.6 is 0 Å². The molecule has 1 aromatic heterocycles. The van der Waals surface area contributed by atoms with Crippen LogP contribution in [0.3, 0.4) is 0 Å². The minimum absolute atomic E-state index is 0.0480. The molecule has 2 heterocycles. The first-order chi connectivity index (χ1) is 17.0. The fourth-order valence-electron chi connectivity index (χ4n) is 4.41. The smallest absolute Gasteiger partial charge is 0.258 e. The van der Waals surface area contributed by atoms with Crippen molar-refractivity contribution >= 4 is 29.0 Å². The Balaban J connectivity index is 1.38. The molecule has 180 valence electrons. The zero-order valence-corrected chi connectivity index (χ0v) is 19.9. The molecule has 3 aromatic rings. The van der Waals surface area contributed by atoms with E-state index in [4.69, 9.17) is 0 Å². The van der Waals surface area contributed by atoms with Gasteiger partial charge in [0, 0.05) is 48.9 Å². The second-order valence-electron chi connectivity index (χ2n) is 8.77. The van der Waals surface area contributed by atoms with Crippen molar-refractivity contribution in [3.8, 4) is 0 Å². The predicted molar refractivity (Wildman–Crippen MR) is 137 cm³/mol. The molecule has 0 unspecified atom stereocenters. The highest BCUT2D eigenvalue weighted by Gasteiger charge is 2.26. The molecule has 2 aromatic carbocycles. The molecule has 1 fully saturated rings. The summed E-state index contributed by atoms with van der Waals surface area (Å²) in [5.41, 5.74) is 2.70. The zero-order valence-electron chi connectivity index (χ0n) is 19.9. The first-order valence-electron chi connectivity index (χ1n) is 11.9. The number of Topliss-reactive ketones (excluding diaryl/α,β-unsaturated/α-hetero) is 1. The lowest BCUT2D eigenvalue weighted by molar-refractivity contribution is -0.114. The van der Waals surface area contributed by atoms with Crippen LogP contribution in [0.15, 0.2) is 79.1 Å². The highest BCUT2D eigenvalue weighted by atomic mass is 16.2. The summed E-state index contributed by atoms with van der Waals surface area (Å²) in [6.45, 7) is 4.31. The van der Waals surface area contributed by atoms with Crippen LogP contribution in [0.1, 0.15) is 40.5 Å². The van der Waals surface area contributed by atoms with Crippen LogP contribution < -0.4 is 10.2 Å². The number of likely N-dealkylation sites (tertiary alicyclic amines) is 1. The van der Waals surface area contributed by atoms with E-state index in [0.29, 0.717) is 24.3 Å². The molecule has 0 aliphatic carbocycles. The van der Waals surface area contributed by atoms with E-state index in [1.165, 1.54) is 6.92 Å². The normalized spacial score (nSPS) is 14.3. The molecule has 35 heavy (non-hydrogen) atoms. The monoisotopic (exact) mass is 470 g/mol. The van der Waals surface area contributed by atoms with Gasteiger partial charge in [0.05, 0.1) is 11.9 Å². The second kappa shape index (κ2) is 11.5. The van der Waals surface area contributed by atoms with E-state index < -0.39 is 0 Å². The fourth-order valence-corrected chi connectivity index (χ4v) is 4.41. The largest absolute Gasteiger partial charge is 0.326 e. The summed E-state index contributed by atoms with van der Waals surface area (Å²) >= 11 is 0. The van der Waals surface area contributed by atoms with Crippen molar-refractivity contribution in [2.75, 3.05) is 36.4 Å². The second-order valence-corrected chi connectivity index (χ2v) is 8.77. The van der Waals surface area contributed by atoms with E-state index in [1.807, 2.05) is 42.5 Å². The van der Waals surface area contributed by atoms with Crippen LogP contribution in [0.25, 0.3) is 0 Å². The first-order valence-corrected chi connectivity index (χ1v) is 11.9. The van der Waals surface area contributed by atoms with Gasteiger partial charge in [-0.2, -0.15) is 0 Å². The van der Waals surface area contributed by atoms with Crippen molar-refractivity contribution in [3.05, 3.63) is 90.3 Å². The van der Waals surface area contributed by atoms with Crippen LogP contribution in [0.5, 0.6) is 0 Å². The fraction of sp³-hybridized carbons (Fsp3) is 0.286. The Morgan fingerprint density at radius 1 is 0.943 bits per heavy atom. The number of benzene rings is 2. The maximum atomic E-state index is 13.4. The summed E-state index contributed by atoms with van der Waals surface area (Å²) in [4.78, 5) is 45.7. The molecule has 1 aliphatic rings. The Hall–Kier alpha value is -3.84. The Morgan fingerprint density at radius 3 is 2.29 bits per heavy atom. The number of pyridine rings is 1. The maximum absolute atomic E-state index is 13.4. The van der Waals surface area contributed by atoms with Crippen LogP contribution in [-0.2, 0) is 4.79 Å². The van der Waals surface area contributed by atoms with Crippen molar-refractivity contribution in [2.24, 2.45) is 5.92 Å². The minimum Gasteiger partial charge on any atom is -0.326 e. The number of carbonyl (C=O) groups is 3. The number of nitrogens with zero attached hydrogens (tertiary/aromatic N) is 3. The van der Waals surface area contributed by atoms with Gasteiger partial charge in [-0.1, -0.05) is 30.3 Å². The number of anilines is 2. The van der Waals surface area contributed by atoms with Crippen molar-refractivity contribution in [1.29, 1.82) is 0 Å². The molecule has 1 aliphatic heterocycles. The van der Waals surface area contributed by atoms with E-state index in [1.54, 1.807) is 41.6 Å². The lowest BCUT2D eigenvalue weighted by Crippen LogP contribution is -2.43. The molecule has 0 atom stereocenters. The van der Waals surface area contributed by atoms with Gasteiger partial charge < -0.3 is 15.1 Å². The van der Waals surface area contributed by atoms with Crippen molar-refractivity contribution in [3.63, 3.8) is 0 Å². The van der Waals surface area contributed by atoms with Crippen molar-refractivity contribution in [2.45, 2.75) is 19.8 Å². The molecule has 0 bridgehead atoms. The molecule has 0 saturated carbocycles. The number of piperidine rings is 1. The lowest BCUT2D eigenvalue weighted by Gasteiger charge is -2.33. The number of hydrogen-bond acceptors (Lipinski definition) is 5. The quantitative estimate of drug-likeness (QED) is 0.497. The third kappa shape index (κ3) is 6.39. The number of hydrogen-bond donors (Lipinski definition) is 1. The molecular weight excluding hydrogens is 440 g/mol. The minimum atomic E-state index is -0.157. The van der Waals surface area contributed by atoms with Gasteiger partial charge in [-0.05, 0) is 62.3 Å². The van der Waals surface area contributed by atoms with E-state index in [0.717, 1.165) is 37.2 Å². The standard InChI is InChI=1S/C28H30N4O3/c1-21(33)30-25-11-9-24(10-12-25)28(35)32(26-8-5-15-29-20-26)19-18-31-16-13-23(14-17-31)27(34)22-6-3-2-4-7-22/h2-12,15,20,23H,13-14,16-19H2,1H3,(H,30,33). The summed E-state index contributed by atoms with van der Waals surface area (Å²) < 4.78 is 0. The summed E-state index contributed by atoms with van der Waals surface area (Å²) in [6.07, 6.45) is 5.01. The van der Waals surface area contributed by atoms with E-state index in [9.17, 15) is 14.4 Å². The highest BCUT2D eigenvalue weighted by Crippen LogP contribution is 2.23. The molecule has 7 heteroatoms. The van der Waals surface area contributed by atoms with E-state index >= 15 is 0 Å². The first kappa shape index (κ1) is 24.3. The van der Waals surface area contributed by atoms with Crippen LogP contribution in [0, 0.1) is 5.92 Å². The van der Waals surface area contributed by atoms with Gasteiger partial charge in [-0.15, -0.1) is 0 Å². The molecule has 2 amide bonds. The molecule has 7 nitrogen and oxygen atoms in total. The zero-order chi connectivity index (χ0) is 24.6. The van der Waals surface area contributed by atoms with Gasteiger partial charge >= 0.3 is 0 Å². The molecule has 0 radical (unpaired) electrons. The van der Waals surface area contributed by atoms with Gasteiger partial charge in [0.25, 0.3) is 5.91 Å². The third-order valence-corrected chi connectivity index (χ3v) is 6.31. The van der Waals surface area contributed by atoms with Crippen LogP contribution in [-0.4, -0.2) is 53.7 Å². The van der Waals surface area contributed by atoms with Crippen LogP contribution in [0.4, 0.5) is 11.4 Å². The van der Waals surface area contributed by atoms with Gasteiger partial charge in [-0.3, -0.25) is 19.4 Å². The number of aromatic nitrogens is 1. The number of nitrogens with one attached hydrogen (secondary N) is 1. The summed E-state index contributed by atoms with van der Waals surface area (Å²) in [5.74, 6) is -0.0104. The number of ketones is 1. The Bertz CT molecular complexity index is 1140. The van der Waals surface area contributed by atoms with Crippen LogP contribution in [0.2, 0.25) is 0 Å². The Labute approximate surface area is 205 Å². The van der Waals surface area contributed by atoms with Crippen molar-refractivity contribution in [1.82, 2.24) is 9.88 Å². The highest BCUT2D eigenvalue weighted by molar-refractivity contribution is 6.06. The molecule has 1 saturated heterocycles. The summed E-state index contributed by atoms with van der Waals surface area (Å²) in [7, 11) is 0. The molecular formula is C28H30N4O3. The maximum Gasteiger partial charge on any atom is 0.258 e.